The first-order valence-electron chi connectivity index (χ1n) is 14.2. The summed E-state index contributed by atoms with van der Waals surface area (Å²) in [7, 11) is 0. The molecule has 0 aliphatic rings. The average molecular weight is 545 g/mol. The van der Waals surface area contributed by atoms with Crippen LogP contribution in [0, 0.1) is 5.92 Å². The molecular weight excluding hydrogens is 508 g/mol. The molecular formula is C37H36O4. The van der Waals surface area contributed by atoms with Crippen molar-refractivity contribution >= 4 is 16.7 Å². The summed E-state index contributed by atoms with van der Waals surface area (Å²) in [5.41, 5.74) is 2.92. The number of benzene rings is 5. The lowest BCUT2D eigenvalue weighted by molar-refractivity contribution is -0.157. The molecule has 0 unspecified atom stereocenters. The minimum Gasteiger partial charge on any atom is -0.466 e. The van der Waals surface area contributed by atoms with Crippen LogP contribution >= 0.6 is 0 Å². The molecule has 5 rings (SSSR count). The molecule has 0 aliphatic carbocycles. The second-order valence-corrected chi connectivity index (χ2v) is 10.2. The Morgan fingerprint density at radius 2 is 1.22 bits per heavy atom. The minimum atomic E-state index is -0.993. The van der Waals surface area contributed by atoms with Gasteiger partial charge in [0.05, 0.1) is 19.3 Å². The van der Waals surface area contributed by atoms with E-state index in [9.17, 15) is 9.90 Å². The van der Waals surface area contributed by atoms with E-state index in [1.54, 1.807) is 6.92 Å². The number of esters is 1. The monoisotopic (exact) mass is 544 g/mol. The molecule has 0 bridgehead atoms. The van der Waals surface area contributed by atoms with E-state index in [0.717, 1.165) is 27.6 Å². The van der Waals surface area contributed by atoms with Crippen LogP contribution in [0.4, 0.5) is 0 Å². The van der Waals surface area contributed by atoms with Crippen LogP contribution in [0.25, 0.3) is 10.8 Å². The number of carbonyl (C=O) groups is 1. The highest BCUT2D eigenvalue weighted by molar-refractivity contribution is 5.83. The summed E-state index contributed by atoms with van der Waals surface area (Å²) in [5, 5.41) is 13.7. The van der Waals surface area contributed by atoms with Gasteiger partial charge in [0.1, 0.15) is 11.5 Å². The summed E-state index contributed by atoms with van der Waals surface area (Å²) in [6, 6.07) is 44.6. The van der Waals surface area contributed by atoms with Gasteiger partial charge in [-0.3, -0.25) is 4.79 Å². The molecule has 41 heavy (non-hydrogen) atoms. The number of aliphatic hydroxyl groups is 1. The van der Waals surface area contributed by atoms with Crippen molar-refractivity contribution in [3.8, 4) is 0 Å². The van der Waals surface area contributed by atoms with Gasteiger partial charge >= 0.3 is 5.97 Å². The van der Waals surface area contributed by atoms with E-state index >= 15 is 0 Å². The molecule has 4 heteroatoms. The maximum Gasteiger partial charge on any atom is 0.313 e. The molecule has 4 nitrogen and oxygen atoms in total. The third-order valence-corrected chi connectivity index (χ3v) is 7.62. The van der Waals surface area contributed by atoms with Crippen molar-refractivity contribution < 1.29 is 19.4 Å². The fraction of sp³-hybridized carbons (Fsp3) is 0.216. The Kier molecular flexibility index (Phi) is 9.25. The summed E-state index contributed by atoms with van der Waals surface area (Å²) in [6.07, 6.45) is 0.0871. The summed E-state index contributed by atoms with van der Waals surface area (Å²) in [6.45, 7) is 1.99. The molecule has 0 heterocycles. The van der Waals surface area contributed by atoms with Crippen LogP contribution in [0.3, 0.4) is 0 Å². The highest BCUT2D eigenvalue weighted by Gasteiger charge is 2.40. The fourth-order valence-corrected chi connectivity index (χ4v) is 5.48. The average Bonchev–Trinajstić information content (AvgIpc) is 3.03. The second-order valence-electron chi connectivity index (χ2n) is 10.2. The molecule has 0 aliphatic heterocycles. The van der Waals surface area contributed by atoms with Crippen LogP contribution in [0.15, 0.2) is 133 Å². The minimum absolute atomic E-state index is 0.0175. The van der Waals surface area contributed by atoms with Gasteiger partial charge in [-0.05, 0) is 52.8 Å². The molecule has 0 fully saturated rings. The third kappa shape index (κ3) is 6.40. The van der Waals surface area contributed by atoms with Gasteiger partial charge in [0, 0.05) is 0 Å². The Balaban J connectivity index is 1.45. The summed E-state index contributed by atoms with van der Waals surface area (Å²) in [4.78, 5) is 13.2. The molecule has 0 spiro atoms. The SMILES string of the molecule is CCOC(=O)[C@@H](COC(c1ccccc1)(c1ccccc1)c1ccccc1)[C@@H](O)CCc1ccc2ccccc2c1. The van der Waals surface area contributed by atoms with Crippen molar-refractivity contribution in [3.63, 3.8) is 0 Å². The smallest absolute Gasteiger partial charge is 0.313 e. The van der Waals surface area contributed by atoms with Gasteiger partial charge in [-0.15, -0.1) is 0 Å². The summed E-state index contributed by atoms with van der Waals surface area (Å²) < 4.78 is 12.3. The maximum absolute atomic E-state index is 13.2. The number of hydrogen-bond acceptors (Lipinski definition) is 4. The van der Waals surface area contributed by atoms with E-state index in [2.05, 4.69) is 30.3 Å². The van der Waals surface area contributed by atoms with Crippen LogP contribution in [0.1, 0.15) is 35.6 Å². The normalized spacial score (nSPS) is 13.0. The number of hydrogen-bond donors (Lipinski definition) is 1. The van der Waals surface area contributed by atoms with Crippen LogP contribution in [-0.4, -0.2) is 30.4 Å². The van der Waals surface area contributed by atoms with E-state index in [1.165, 1.54) is 5.39 Å². The first kappa shape index (κ1) is 28.3. The Labute approximate surface area is 242 Å². The second kappa shape index (κ2) is 13.4. The van der Waals surface area contributed by atoms with Gasteiger partial charge in [0.15, 0.2) is 0 Å². The molecule has 2 atom stereocenters. The molecule has 0 aromatic heterocycles. The molecule has 208 valence electrons. The molecule has 0 radical (unpaired) electrons. The molecule has 5 aromatic carbocycles. The van der Waals surface area contributed by atoms with E-state index in [4.69, 9.17) is 9.47 Å². The van der Waals surface area contributed by atoms with Gasteiger partial charge < -0.3 is 14.6 Å². The van der Waals surface area contributed by atoms with Crippen LogP contribution in [0.2, 0.25) is 0 Å². The first-order valence-corrected chi connectivity index (χ1v) is 14.2. The standard InChI is InChI=1S/C37H36O4/c1-2-40-36(39)34(35(38)25-23-28-22-24-29-14-12-13-15-30(29)26-28)27-41-37(31-16-6-3-7-17-31,32-18-8-4-9-19-32)33-20-10-5-11-21-33/h3-22,24,26,34-35,38H,2,23,25,27H2,1H3/t34-,35-/m0/s1. The Bertz CT molecular complexity index is 1440. The summed E-state index contributed by atoms with van der Waals surface area (Å²) in [5.74, 6) is -1.31. The van der Waals surface area contributed by atoms with Gasteiger partial charge in [-0.1, -0.05) is 133 Å². The Morgan fingerprint density at radius 3 is 1.76 bits per heavy atom. The lowest BCUT2D eigenvalue weighted by Crippen LogP contribution is -2.40. The van der Waals surface area contributed by atoms with E-state index in [1.807, 2.05) is 103 Å². The molecule has 0 saturated heterocycles. The zero-order chi connectivity index (χ0) is 28.5. The van der Waals surface area contributed by atoms with Gasteiger partial charge in [0.25, 0.3) is 0 Å². The van der Waals surface area contributed by atoms with Crippen molar-refractivity contribution in [2.75, 3.05) is 13.2 Å². The molecule has 0 amide bonds. The number of aryl methyl sites for hydroxylation is 1. The van der Waals surface area contributed by atoms with Crippen molar-refractivity contribution in [3.05, 3.63) is 156 Å². The Hall–Kier alpha value is -4.25. The molecule has 0 saturated carbocycles. The highest BCUT2D eigenvalue weighted by atomic mass is 16.5. The highest BCUT2D eigenvalue weighted by Crippen LogP contribution is 2.41. The number of carbonyl (C=O) groups excluding carboxylic acids is 1. The first-order chi connectivity index (χ1) is 20.1. The number of ether oxygens (including phenoxy) is 2. The maximum atomic E-state index is 13.2. The summed E-state index contributed by atoms with van der Waals surface area (Å²) >= 11 is 0. The third-order valence-electron chi connectivity index (χ3n) is 7.62. The fourth-order valence-electron chi connectivity index (χ4n) is 5.48. The largest absolute Gasteiger partial charge is 0.466 e. The van der Waals surface area contributed by atoms with Crippen molar-refractivity contribution in [2.24, 2.45) is 5.92 Å². The molecule has 1 N–H and O–H groups in total. The molecule has 5 aromatic rings. The van der Waals surface area contributed by atoms with Gasteiger partial charge in [0.2, 0.25) is 0 Å². The van der Waals surface area contributed by atoms with Crippen LogP contribution in [0.5, 0.6) is 0 Å². The number of fused-ring (bicyclic) bond motifs is 1. The number of aliphatic hydroxyl groups excluding tert-OH is 1. The predicted octanol–water partition coefficient (Wildman–Crippen LogP) is 7.32. The van der Waals surface area contributed by atoms with E-state index < -0.39 is 23.6 Å². The Morgan fingerprint density at radius 1 is 0.707 bits per heavy atom. The van der Waals surface area contributed by atoms with Crippen LogP contribution < -0.4 is 0 Å². The van der Waals surface area contributed by atoms with Gasteiger partial charge in [-0.2, -0.15) is 0 Å². The lowest BCUT2D eigenvalue weighted by atomic mass is 9.80. The van der Waals surface area contributed by atoms with Crippen molar-refractivity contribution in [2.45, 2.75) is 31.5 Å². The van der Waals surface area contributed by atoms with Crippen molar-refractivity contribution in [1.29, 1.82) is 0 Å². The zero-order valence-electron chi connectivity index (χ0n) is 23.4. The topological polar surface area (TPSA) is 55.8 Å². The van der Waals surface area contributed by atoms with Crippen molar-refractivity contribution in [1.82, 2.24) is 0 Å². The predicted molar refractivity (Wildman–Crippen MR) is 164 cm³/mol. The zero-order valence-corrected chi connectivity index (χ0v) is 23.4. The quantitative estimate of drug-likeness (QED) is 0.132. The van der Waals surface area contributed by atoms with E-state index in [-0.39, 0.29) is 13.2 Å². The van der Waals surface area contributed by atoms with Crippen LogP contribution in [-0.2, 0) is 26.3 Å². The van der Waals surface area contributed by atoms with Gasteiger partial charge in [-0.25, -0.2) is 0 Å². The number of rotatable bonds is 12. The lowest BCUT2D eigenvalue weighted by Gasteiger charge is -2.37. The van der Waals surface area contributed by atoms with E-state index in [0.29, 0.717) is 12.8 Å².